The van der Waals surface area contributed by atoms with E-state index in [1.807, 2.05) is 24.4 Å². The number of aryl methyl sites for hydroxylation is 1. The summed E-state index contributed by atoms with van der Waals surface area (Å²) in [7, 11) is 0. The first-order valence-electron chi connectivity index (χ1n) is 5.54. The molecule has 0 amide bonds. The number of thiazole rings is 1. The van der Waals surface area contributed by atoms with Crippen LogP contribution in [0.4, 0.5) is 0 Å². The average Bonchev–Trinajstić information content (AvgIpc) is 2.80. The van der Waals surface area contributed by atoms with Crippen LogP contribution in [0.25, 0.3) is 0 Å². The molecule has 3 nitrogen and oxygen atoms in total. The van der Waals surface area contributed by atoms with Gasteiger partial charge in [-0.3, -0.25) is 0 Å². The van der Waals surface area contributed by atoms with E-state index in [4.69, 9.17) is 10.5 Å². The summed E-state index contributed by atoms with van der Waals surface area (Å²) in [6, 6.07) is 6.05. The van der Waals surface area contributed by atoms with Crippen molar-refractivity contribution in [2.75, 3.05) is 0 Å². The van der Waals surface area contributed by atoms with Gasteiger partial charge in [-0.2, -0.15) is 0 Å². The molecule has 0 aliphatic rings. The Balaban J connectivity index is 2.14. The molecule has 0 aliphatic heterocycles. The fourth-order valence-electron chi connectivity index (χ4n) is 1.62. The van der Waals surface area contributed by atoms with Crippen molar-refractivity contribution >= 4 is 11.3 Å². The van der Waals surface area contributed by atoms with Gasteiger partial charge in [0.1, 0.15) is 17.4 Å². The molecule has 17 heavy (non-hydrogen) atoms. The molecule has 0 spiro atoms. The minimum atomic E-state index is -0.0267. The maximum atomic E-state index is 5.94. The smallest absolute Gasteiger partial charge is 0.140 e. The highest BCUT2D eigenvalue weighted by atomic mass is 32.1. The lowest BCUT2D eigenvalue weighted by molar-refractivity contribution is 0.301. The number of nitrogens with two attached hydrogens (primary N) is 1. The van der Waals surface area contributed by atoms with Gasteiger partial charge < -0.3 is 10.5 Å². The second-order valence-electron chi connectivity index (χ2n) is 4.04. The van der Waals surface area contributed by atoms with Crippen molar-refractivity contribution in [3.05, 3.63) is 45.9 Å². The predicted molar refractivity (Wildman–Crippen MR) is 70.2 cm³/mol. The highest BCUT2D eigenvalue weighted by molar-refractivity contribution is 7.09. The number of hydrogen-bond acceptors (Lipinski definition) is 4. The van der Waals surface area contributed by atoms with Crippen molar-refractivity contribution in [2.45, 2.75) is 26.5 Å². The molecule has 0 bridgehead atoms. The van der Waals surface area contributed by atoms with Crippen LogP contribution in [-0.2, 0) is 6.61 Å². The van der Waals surface area contributed by atoms with Gasteiger partial charge in [-0.15, -0.1) is 11.3 Å². The van der Waals surface area contributed by atoms with E-state index >= 15 is 0 Å². The maximum Gasteiger partial charge on any atom is 0.140 e. The molecule has 0 saturated carbocycles. The van der Waals surface area contributed by atoms with Crippen LogP contribution in [0.3, 0.4) is 0 Å². The van der Waals surface area contributed by atoms with E-state index in [-0.39, 0.29) is 6.04 Å². The van der Waals surface area contributed by atoms with Crippen LogP contribution in [0.1, 0.15) is 29.1 Å². The second kappa shape index (κ2) is 5.29. The van der Waals surface area contributed by atoms with Gasteiger partial charge in [0.2, 0.25) is 0 Å². The number of ether oxygens (including phenoxy) is 1. The zero-order chi connectivity index (χ0) is 12.3. The normalized spacial score (nSPS) is 12.4. The lowest BCUT2D eigenvalue weighted by atomic mass is 10.1. The summed E-state index contributed by atoms with van der Waals surface area (Å²) in [6.45, 7) is 4.52. The van der Waals surface area contributed by atoms with Crippen LogP contribution < -0.4 is 10.5 Å². The van der Waals surface area contributed by atoms with E-state index in [2.05, 4.69) is 18.0 Å². The fourth-order valence-corrected chi connectivity index (χ4v) is 2.15. The predicted octanol–water partition coefficient (Wildman–Crippen LogP) is 3.05. The molecule has 2 N–H and O–H groups in total. The SMILES string of the molecule is Cc1ccc(OCc2nccs2)c([C@H](C)N)c1. The van der Waals surface area contributed by atoms with Gasteiger partial charge in [-0.05, 0) is 19.9 Å². The van der Waals surface area contributed by atoms with E-state index < -0.39 is 0 Å². The van der Waals surface area contributed by atoms with Gasteiger partial charge in [0.05, 0.1) is 0 Å². The van der Waals surface area contributed by atoms with Gasteiger partial charge >= 0.3 is 0 Å². The number of nitrogens with zero attached hydrogens (tertiary/aromatic N) is 1. The first-order chi connectivity index (χ1) is 8.16. The molecule has 0 aliphatic carbocycles. The first-order valence-corrected chi connectivity index (χ1v) is 6.42. The van der Waals surface area contributed by atoms with Crippen LogP contribution in [-0.4, -0.2) is 4.98 Å². The van der Waals surface area contributed by atoms with Gasteiger partial charge in [0, 0.05) is 23.2 Å². The summed E-state index contributed by atoms with van der Waals surface area (Å²) in [5.74, 6) is 0.848. The number of benzene rings is 1. The summed E-state index contributed by atoms with van der Waals surface area (Å²) in [6.07, 6.45) is 1.78. The Morgan fingerprint density at radius 1 is 1.47 bits per heavy atom. The Labute approximate surface area is 105 Å². The Kier molecular flexibility index (Phi) is 3.76. The van der Waals surface area contributed by atoms with Crippen molar-refractivity contribution in [1.29, 1.82) is 0 Å². The summed E-state index contributed by atoms with van der Waals surface area (Å²) in [5, 5.41) is 2.92. The maximum absolute atomic E-state index is 5.94. The summed E-state index contributed by atoms with van der Waals surface area (Å²) in [5.41, 5.74) is 8.18. The molecular formula is C13H16N2OS. The van der Waals surface area contributed by atoms with Crippen LogP contribution in [0.5, 0.6) is 5.75 Å². The van der Waals surface area contributed by atoms with Gasteiger partial charge in [-0.1, -0.05) is 17.7 Å². The second-order valence-corrected chi connectivity index (χ2v) is 5.02. The molecule has 0 saturated heterocycles. The third kappa shape index (κ3) is 3.05. The summed E-state index contributed by atoms with van der Waals surface area (Å²) in [4.78, 5) is 4.19. The minimum Gasteiger partial charge on any atom is -0.486 e. The van der Waals surface area contributed by atoms with Crippen molar-refractivity contribution in [2.24, 2.45) is 5.73 Å². The first kappa shape index (κ1) is 12.1. The molecule has 1 aromatic carbocycles. The van der Waals surface area contributed by atoms with Crippen LogP contribution in [0.15, 0.2) is 29.8 Å². The standard InChI is InChI=1S/C13H16N2OS/c1-9-3-4-12(11(7-9)10(2)14)16-8-13-15-5-6-17-13/h3-7,10H,8,14H2,1-2H3/t10-/m0/s1. The Bertz CT molecular complexity index is 480. The van der Waals surface area contributed by atoms with E-state index in [9.17, 15) is 0 Å². The molecule has 0 radical (unpaired) electrons. The van der Waals surface area contributed by atoms with Crippen molar-refractivity contribution < 1.29 is 4.74 Å². The molecule has 4 heteroatoms. The molecule has 90 valence electrons. The average molecular weight is 248 g/mol. The van der Waals surface area contributed by atoms with Crippen molar-refractivity contribution in [3.63, 3.8) is 0 Å². The molecule has 1 heterocycles. The zero-order valence-corrected chi connectivity index (χ0v) is 10.8. The Morgan fingerprint density at radius 3 is 2.94 bits per heavy atom. The van der Waals surface area contributed by atoms with Crippen LogP contribution in [0.2, 0.25) is 0 Å². The van der Waals surface area contributed by atoms with Gasteiger partial charge in [-0.25, -0.2) is 4.98 Å². The molecule has 0 unspecified atom stereocenters. The van der Waals surface area contributed by atoms with E-state index in [1.54, 1.807) is 17.5 Å². The molecular weight excluding hydrogens is 232 g/mol. The molecule has 1 aromatic heterocycles. The highest BCUT2D eigenvalue weighted by Gasteiger charge is 2.09. The van der Waals surface area contributed by atoms with Gasteiger partial charge in [0.15, 0.2) is 0 Å². The van der Waals surface area contributed by atoms with Crippen molar-refractivity contribution in [1.82, 2.24) is 4.98 Å². The third-order valence-electron chi connectivity index (χ3n) is 2.49. The third-order valence-corrected chi connectivity index (χ3v) is 3.24. The molecule has 1 atom stereocenters. The minimum absolute atomic E-state index is 0.0267. The number of aromatic nitrogens is 1. The monoisotopic (exact) mass is 248 g/mol. The zero-order valence-electron chi connectivity index (χ0n) is 10.0. The lowest BCUT2D eigenvalue weighted by Gasteiger charge is -2.14. The van der Waals surface area contributed by atoms with E-state index in [0.717, 1.165) is 16.3 Å². The molecule has 2 aromatic rings. The summed E-state index contributed by atoms with van der Waals surface area (Å²) >= 11 is 1.59. The quantitative estimate of drug-likeness (QED) is 0.904. The van der Waals surface area contributed by atoms with Crippen LogP contribution in [0, 0.1) is 6.92 Å². The van der Waals surface area contributed by atoms with E-state index in [0.29, 0.717) is 6.61 Å². The molecule has 0 fully saturated rings. The Morgan fingerprint density at radius 2 is 2.29 bits per heavy atom. The van der Waals surface area contributed by atoms with Crippen LogP contribution >= 0.6 is 11.3 Å². The van der Waals surface area contributed by atoms with E-state index in [1.165, 1.54) is 5.56 Å². The van der Waals surface area contributed by atoms with Gasteiger partial charge in [0.25, 0.3) is 0 Å². The number of rotatable bonds is 4. The lowest BCUT2D eigenvalue weighted by Crippen LogP contribution is -2.08. The highest BCUT2D eigenvalue weighted by Crippen LogP contribution is 2.26. The summed E-state index contributed by atoms with van der Waals surface area (Å²) < 4.78 is 5.77. The molecule has 2 rings (SSSR count). The fraction of sp³-hybridized carbons (Fsp3) is 0.308. The van der Waals surface area contributed by atoms with Crippen molar-refractivity contribution in [3.8, 4) is 5.75 Å². The number of hydrogen-bond donors (Lipinski definition) is 1. The Hall–Kier alpha value is -1.39. The largest absolute Gasteiger partial charge is 0.486 e. The topological polar surface area (TPSA) is 48.1 Å².